The molecule has 0 N–H and O–H groups in total. The standard InChI is InChI=1S/C9H12O3S2/c1-13-9-5-3-4-8(6-9)7-12-14(2,10)11/h3-6H,7H2,1-2H3. The normalized spacial score (nSPS) is 11.6. The van der Waals surface area contributed by atoms with Gasteiger partial charge in [-0.25, -0.2) is 0 Å². The maximum atomic E-state index is 10.7. The Bertz CT molecular complexity index is 398. The Morgan fingerprint density at radius 3 is 2.71 bits per heavy atom. The molecule has 0 amide bonds. The predicted octanol–water partition coefficient (Wildman–Crippen LogP) is 1.88. The Balaban J connectivity index is 2.68. The highest BCUT2D eigenvalue weighted by Gasteiger charge is 2.02. The van der Waals surface area contributed by atoms with E-state index >= 15 is 0 Å². The molecule has 3 nitrogen and oxygen atoms in total. The fraction of sp³-hybridized carbons (Fsp3) is 0.333. The second-order valence-corrected chi connectivity index (χ2v) is 5.34. The highest BCUT2D eigenvalue weighted by atomic mass is 32.2. The minimum atomic E-state index is -3.35. The van der Waals surface area contributed by atoms with E-state index in [0.717, 1.165) is 16.7 Å². The van der Waals surface area contributed by atoms with Crippen LogP contribution in [0.25, 0.3) is 0 Å². The van der Waals surface area contributed by atoms with Crippen molar-refractivity contribution in [2.24, 2.45) is 0 Å². The molecule has 0 saturated carbocycles. The lowest BCUT2D eigenvalue weighted by Gasteiger charge is -2.03. The molecule has 5 heteroatoms. The molecule has 0 saturated heterocycles. The van der Waals surface area contributed by atoms with Crippen LogP contribution in [0, 0.1) is 0 Å². The van der Waals surface area contributed by atoms with Crippen molar-refractivity contribution >= 4 is 21.9 Å². The van der Waals surface area contributed by atoms with E-state index in [9.17, 15) is 8.42 Å². The van der Waals surface area contributed by atoms with Crippen molar-refractivity contribution in [1.29, 1.82) is 0 Å². The Labute approximate surface area is 88.6 Å². The maximum absolute atomic E-state index is 10.7. The molecule has 1 rings (SSSR count). The van der Waals surface area contributed by atoms with Crippen molar-refractivity contribution in [3.63, 3.8) is 0 Å². The van der Waals surface area contributed by atoms with Gasteiger partial charge in [0.25, 0.3) is 10.1 Å². The Kier molecular flexibility index (Phi) is 3.97. The average molecular weight is 232 g/mol. The van der Waals surface area contributed by atoms with E-state index in [1.54, 1.807) is 11.8 Å². The molecule has 14 heavy (non-hydrogen) atoms. The largest absolute Gasteiger partial charge is 0.265 e. The first-order chi connectivity index (χ1) is 6.51. The minimum absolute atomic E-state index is 0.104. The molecule has 0 atom stereocenters. The van der Waals surface area contributed by atoms with Gasteiger partial charge in [-0.1, -0.05) is 12.1 Å². The summed E-state index contributed by atoms with van der Waals surface area (Å²) in [5, 5.41) is 0. The number of benzene rings is 1. The molecule has 0 aliphatic rings. The molecule has 0 spiro atoms. The Hall–Kier alpha value is -0.520. The molecule has 1 aromatic carbocycles. The third kappa shape index (κ3) is 4.13. The van der Waals surface area contributed by atoms with E-state index in [0.29, 0.717) is 0 Å². The summed E-state index contributed by atoms with van der Waals surface area (Å²) in [4.78, 5) is 1.10. The fourth-order valence-corrected chi connectivity index (χ4v) is 1.77. The zero-order valence-corrected chi connectivity index (χ0v) is 9.69. The first-order valence-corrected chi connectivity index (χ1v) is 7.03. The average Bonchev–Trinajstić information content (AvgIpc) is 2.14. The van der Waals surface area contributed by atoms with Gasteiger partial charge in [-0.3, -0.25) is 4.18 Å². The van der Waals surface area contributed by atoms with Crippen molar-refractivity contribution in [3.8, 4) is 0 Å². The lowest BCUT2D eigenvalue weighted by Crippen LogP contribution is -2.02. The van der Waals surface area contributed by atoms with Crippen molar-refractivity contribution in [2.45, 2.75) is 11.5 Å². The van der Waals surface area contributed by atoms with Crippen LogP contribution in [-0.2, 0) is 20.9 Å². The number of hydrogen-bond donors (Lipinski definition) is 0. The summed E-state index contributed by atoms with van der Waals surface area (Å²) in [5.41, 5.74) is 0.863. The summed E-state index contributed by atoms with van der Waals surface area (Å²) in [6.07, 6.45) is 3.02. The molecular weight excluding hydrogens is 220 g/mol. The van der Waals surface area contributed by atoms with Crippen LogP contribution in [0.2, 0.25) is 0 Å². The SMILES string of the molecule is CSc1cccc(COS(C)(=O)=O)c1. The molecule has 78 valence electrons. The van der Waals surface area contributed by atoms with Crippen LogP contribution >= 0.6 is 11.8 Å². The lowest BCUT2D eigenvalue weighted by molar-refractivity contribution is 0.311. The number of thioether (sulfide) groups is 1. The lowest BCUT2D eigenvalue weighted by atomic mass is 10.2. The monoisotopic (exact) mass is 232 g/mol. The smallest absolute Gasteiger partial charge is 0.264 e. The van der Waals surface area contributed by atoms with Crippen LogP contribution in [0.5, 0.6) is 0 Å². The van der Waals surface area contributed by atoms with Crippen molar-refractivity contribution in [1.82, 2.24) is 0 Å². The quantitative estimate of drug-likeness (QED) is 0.587. The van der Waals surface area contributed by atoms with Crippen LogP contribution in [0.3, 0.4) is 0 Å². The predicted molar refractivity (Wildman–Crippen MR) is 57.9 cm³/mol. The van der Waals surface area contributed by atoms with Gasteiger partial charge in [0.2, 0.25) is 0 Å². The van der Waals surface area contributed by atoms with E-state index in [1.165, 1.54) is 0 Å². The molecule has 0 radical (unpaired) electrons. The van der Waals surface area contributed by atoms with Crippen molar-refractivity contribution in [3.05, 3.63) is 29.8 Å². The summed E-state index contributed by atoms with van der Waals surface area (Å²) >= 11 is 1.61. The zero-order valence-electron chi connectivity index (χ0n) is 8.06. The Morgan fingerprint density at radius 2 is 2.14 bits per heavy atom. The molecule has 0 unspecified atom stereocenters. The summed E-state index contributed by atoms with van der Waals surface area (Å²) in [6, 6.07) is 7.60. The maximum Gasteiger partial charge on any atom is 0.264 e. The van der Waals surface area contributed by atoms with Gasteiger partial charge in [-0.2, -0.15) is 8.42 Å². The molecule has 0 aromatic heterocycles. The van der Waals surface area contributed by atoms with E-state index in [1.807, 2.05) is 30.5 Å². The molecule has 0 bridgehead atoms. The highest BCUT2D eigenvalue weighted by molar-refractivity contribution is 7.98. The van der Waals surface area contributed by atoms with Crippen LogP contribution in [0.15, 0.2) is 29.2 Å². The zero-order chi connectivity index (χ0) is 10.6. The van der Waals surface area contributed by atoms with Crippen molar-refractivity contribution < 1.29 is 12.6 Å². The van der Waals surface area contributed by atoms with Gasteiger partial charge >= 0.3 is 0 Å². The first-order valence-electron chi connectivity index (χ1n) is 3.98. The molecule has 0 aliphatic heterocycles. The van der Waals surface area contributed by atoms with Crippen LogP contribution in [0.4, 0.5) is 0 Å². The summed E-state index contributed by atoms with van der Waals surface area (Å²) in [7, 11) is -3.35. The Morgan fingerprint density at radius 1 is 1.43 bits per heavy atom. The summed E-state index contributed by atoms with van der Waals surface area (Å²) < 4.78 is 26.1. The summed E-state index contributed by atoms with van der Waals surface area (Å²) in [5.74, 6) is 0. The summed E-state index contributed by atoms with van der Waals surface area (Å²) in [6.45, 7) is 0.104. The van der Waals surface area contributed by atoms with Crippen LogP contribution in [0.1, 0.15) is 5.56 Å². The van der Waals surface area contributed by atoms with Gasteiger partial charge in [-0.15, -0.1) is 11.8 Å². The van der Waals surface area contributed by atoms with Gasteiger partial charge in [-0.05, 0) is 24.0 Å². The number of rotatable bonds is 4. The van der Waals surface area contributed by atoms with Gasteiger partial charge in [0, 0.05) is 4.90 Å². The van der Waals surface area contributed by atoms with Crippen LogP contribution < -0.4 is 0 Å². The third-order valence-corrected chi connectivity index (χ3v) is 2.85. The highest BCUT2D eigenvalue weighted by Crippen LogP contribution is 2.16. The topological polar surface area (TPSA) is 43.4 Å². The molecule has 1 aromatic rings. The van der Waals surface area contributed by atoms with E-state index < -0.39 is 10.1 Å². The van der Waals surface area contributed by atoms with Crippen molar-refractivity contribution in [2.75, 3.05) is 12.5 Å². The molecule has 0 heterocycles. The van der Waals surface area contributed by atoms with E-state index in [2.05, 4.69) is 4.18 Å². The second kappa shape index (κ2) is 4.82. The van der Waals surface area contributed by atoms with Gasteiger partial charge in [0.1, 0.15) is 0 Å². The third-order valence-electron chi connectivity index (χ3n) is 1.57. The molecule has 0 aliphatic carbocycles. The first kappa shape index (κ1) is 11.6. The van der Waals surface area contributed by atoms with Gasteiger partial charge in [0.05, 0.1) is 12.9 Å². The molecule has 0 fully saturated rings. The van der Waals surface area contributed by atoms with E-state index in [4.69, 9.17) is 0 Å². The van der Waals surface area contributed by atoms with Crippen LogP contribution in [-0.4, -0.2) is 20.9 Å². The van der Waals surface area contributed by atoms with Gasteiger partial charge < -0.3 is 0 Å². The number of hydrogen-bond acceptors (Lipinski definition) is 4. The minimum Gasteiger partial charge on any atom is -0.265 e. The fourth-order valence-electron chi connectivity index (χ4n) is 0.937. The molecular formula is C9H12O3S2. The van der Waals surface area contributed by atoms with Gasteiger partial charge in [0.15, 0.2) is 0 Å². The second-order valence-electron chi connectivity index (χ2n) is 2.82. The van der Waals surface area contributed by atoms with E-state index in [-0.39, 0.29) is 6.61 Å².